The van der Waals surface area contributed by atoms with E-state index >= 15 is 0 Å². The predicted octanol–water partition coefficient (Wildman–Crippen LogP) is 4.46. The third kappa shape index (κ3) is 3.57. The van der Waals surface area contributed by atoms with Gasteiger partial charge in [0.05, 0.1) is 18.5 Å². The molecule has 5 heteroatoms. The first-order valence-corrected chi connectivity index (χ1v) is 8.14. The number of carbonyl (C=O) groups is 1. The first kappa shape index (κ1) is 15.2. The zero-order valence-electron chi connectivity index (χ0n) is 12.7. The van der Waals surface area contributed by atoms with E-state index in [1.165, 1.54) is 11.3 Å². The van der Waals surface area contributed by atoms with Gasteiger partial charge in [-0.1, -0.05) is 42.5 Å². The van der Waals surface area contributed by atoms with E-state index in [2.05, 4.69) is 10.3 Å². The van der Waals surface area contributed by atoms with E-state index in [-0.39, 0.29) is 5.91 Å². The summed E-state index contributed by atoms with van der Waals surface area (Å²) in [6.45, 7) is 2.46. The van der Waals surface area contributed by atoms with Crippen molar-refractivity contribution in [2.24, 2.45) is 0 Å². The fourth-order valence-corrected chi connectivity index (χ4v) is 2.95. The van der Waals surface area contributed by atoms with Crippen LogP contribution >= 0.6 is 11.3 Å². The number of carbonyl (C=O) groups excluding carboxylic acids is 1. The van der Waals surface area contributed by atoms with Gasteiger partial charge < -0.3 is 10.1 Å². The molecule has 1 aromatic heterocycles. The van der Waals surface area contributed by atoms with Crippen LogP contribution in [0.15, 0.2) is 60.8 Å². The van der Waals surface area contributed by atoms with E-state index in [0.717, 1.165) is 10.6 Å². The minimum Gasteiger partial charge on any atom is -0.492 e. The fourth-order valence-electron chi connectivity index (χ4n) is 2.13. The summed E-state index contributed by atoms with van der Waals surface area (Å²) in [5.74, 6) is 0.480. The molecular formula is C18H16N2O2S. The van der Waals surface area contributed by atoms with E-state index in [4.69, 9.17) is 4.74 Å². The maximum atomic E-state index is 12.4. The largest absolute Gasteiger partial charge is 0.492 e. The molecule has 0 atom stereocenters. The topological polar surface area (TPSA) is 51.2 Å². The van der Waals surface area contributed by atoms with Crippen molar-refractivity contribution in [3.8, 4) is 16.3 Å². The molecule has 0 radical (unpaired) electrons. The number of anilines is 1. The van der Waals surface area contributed by atoms with Crippen LogP contribution in [-0.2, 0) is 0 Å². The number of benzene rings is 2. The minimum atomic E-state index is -0.183. The second-order valence-corrected chi connectivity index (χ2v) is 5.81. The number of hydrogen-bond acceptors (Lipinski definition) is 4. The Morgan fingerprint density at radius 1 is 1.13 bits per heavy atom. The van der Waals surface area contributed by atoms with Crippen LogP contribution in [0.3, 0.4) is 0 Å². The third-order valence-corrected chi connectivity index (χ3v) is 4.23. The van der Waals surface area contributed by atoms with Gasteiger partial charge in [-0.15, -0.1) is 11.3 Å². The molecule has 0 fully saturated rings. The highest BCUT2D eigenvalue weighted by Gasteiger charge is 2.13. The second-order valence-electron chi connectivity index (χ2n) is 4.78. The Bertz CT molecular complexity index is 800. The van der Waals surface area contributed by atoms with Crippen LogP contribution in [0.1, 0.15) is 16.6 Å². The summed E-state index contributed by atoms with van der Waals surface area (Å²) in [6, 6.07) is 17.2. The molecule has 2 aromatic carbocycles. The molecule has 116 valence electrons. The van der Waals surface area contributed by atoms with Gasteiger partial charge in [-0.25, -0.2) is 4.98 Å². The molecule has 4 nitrogen and oxygen atoms in total. The van der Waals surface area contributed by atoms with Crippen molar-refractivity contribution in [2.75, 3.05) is 11.9 Å². The third-order valence-electron chi connectivity index (χ3n) is 3.19. The summed E-state index contributed by atoms with van der Waals surface area (Å²) in [7, 11) is 0. The Labute approximate surface area is 138 Å². The summed E-state index contributed by atoms with van der Waals surface area (Å²) in [6.07, 6.45) is 1.60. The van der Waals surface area contributed by atoms with E-state index < -0.39 is 0 Å². The van der Waals surface area contributed by atoms with Crippen molar-refractivity contribution < 1.29 is 9.53 Å². The van der Waals surface area contributed by atoms with Gasteiger partial charge in [0.15, 0.2) is 0 Å². The maximum absolute atomic E-state index is 12.4. The Balaban J connectivity index is 1.78. The molecule has 1 amide bonds. The van der Waals surface area contributed by atoms with Gasteiger partial charge in [0.25, 0.3) is 5.91 Å². The Morgan fingerprint density at radius 3 is 2.65 bits per heavy atom. The molecule has 23 heavy (non-hydrogen) atoms. The van der Waals surface area contributed by atoms with Gasteiger partial charge in [0.2, 0.25) is 0 Å². The summed E-state index contributed by atoms with van der Waals surface area (Å²) in [5.41, 5.74) is 1.67. The zero-order chi connectivity index (χ0) is 16.1. The van der Waals surface area contributed by atoms with Crippen molar-refractivity contribution in [3.05, 3.63) is 65.7 Å². The van der Waals surface area contributed by atoms with Crippen molar-refractivity contribution in [3.63, 3.8) is 0 Å². The number of ether oxygens (including phenoxy) is 1. The quantitative estimate of drug-likeness (QED) is 0.754. The molecule has 3 aromatic rings. The Morgan fingerprint density at radius 2 is 1.87 bits per heavy atom. The molecule has 0 aliphatic heterocycles. The summed E-state index contributed by atoms with van der Waals surface area (Å²) < 4.78 is 5.52. The fraction of sp³-hybridized carbons (Fsp3) is 0.111. The molecule has 0 aliphatic carbocycles. The lowest BCUT2D eigenvalue weighted by Crippen LogP contribution is -2.11. The average Bonchev–Trinajstić information content (AvgIpc) is 3.08. The van der Waals surface area contributed by atoms with Crippen LogP contribution in [0.5, 0.6) is 5.75 Å². The normalized spacial score (nSPS) is 10.3. The van der Waals surface area contributed by atoms with Crippen molar-refractivity contribution in [1.29, 1.82) is 0 Å². The van der Waals surface area contributed by atoms with Crippen LogP contribution in [0.2, 0.25) is 0 Å². The predicted molar refractivity (Wildman–Crippen MR) is 93.1 cm³/mol. The van der Waals surface area contributed by atoms with Gasteiger partial charge in [-0.05, 0) is 19.1 Å². The number of nitrogens with zero attached hydrogens (tertiary/aromatic N) is 1. The number of amides is 1. The first-order valence-electron chi connectivity index (χ1n) is 7.32. The molecule has 1 heterocycles. The lowest BCUT2D eigenvalue weighted by atomic mass is 10.2. The highest BCUT2D eigenvalue weighted by molar-refractivity contribution is 7.17. The van der Waals surface area contributed by atoms with Gasteiger partial charge in [-0.3, -0.25) is 4.79 Å². The second kappa shape index (κ2) is 7.07. The summed E-state index contributed by atoms with van der Waals surface area (Å²) in [4.78, 5) is 17.3. The van der Waals surface area contributed by atoms with Crippen LogP contribution in [0.4, 0.5) is 5.69 Å². The molecule has 0 aliphatic rings. The number of rotatable bonds is 5. The minimum absolute atomic E-state index is 0.183. The average molecular weight is 324 g/mol. The SMILES string of the molecule is CCOc1ccccc1NC(=O)c1cnc(-c2ccccc2)s1. The maximum Gasteiger partial charge on any atom is 0.267 e. The number of hydrogen-bond donors (Lipinski definition) is 1. The molecule has 0 saturated carbocycles. The smallest absolute Gasteiger partial charge is 0.267 e. The van der Waals surface area contributed by atoms with Gasteiger partial charge >= 0.3 is 0 Å². The van der Waals surface area contributed by atoms with E-state index in [1.54, 1.807) is 6.20 Å². The summed E-state index contributed by atoms with van der Waals surface area (Å²) >= 11 is 1.37. The Kier molecular flexibility index (Phi) is 4.68. The zero-order valence-corrected chi connectivity index (χ0v) is 13.5. The molecule has 0 saturated heterocycles. The van der Waals surface area contributed by atoms with Gasteiger partial charge in [0.1, 0.15) is 15.6 Å². The molecule has 0 bridgehead atoms. The summed E-state index contributed by atoms with van der Waals surface area (Å²) in [5, 5.41) is 3.71. The number of nitrogens with one attached hydrogen (secondary N) is 1. The van der Waals surface area contributed by atoms with E-state index in [0.29, 0.717) is 22.9 Å². The lowest BCUT2D eigenvalue weighted by molar-refractivity contribution is 0.103. The monoisotopic (exact) mass is 324 g/mol. The van der Waals surface area contributed by atoms with E-state index in [1.807, 2.05) is 61.5 Å². The van der Waals surface area contributed by atoms with Crippen molar-refractivity contribution in [1.82, 2.24) is 4.98 Å². The van der Waals surface area contributed by atoms with Crippen LogP contribution in [0.25, 0.3) is 10.6 Å². The standard InChI is InChI=1S/C18H16N2O2S/c1-2-22-15-11-7-6-10-14(15)20-17(21)16-12-19-18(23-16)13-8-4-3-5-9-13/h3-12H,2H2,1H3,(H,20,21). The first-order chi connectivity index (χ1) is 11.3. The molecule has 1 N–H and O–H groups in total. The van der Waals surface area contributed by atoms with Crippen molar-refractivity contribution in [2.45, 2.75) is 6.92 Å². The van der Waals surface area contributed by atoms with E-state index in [9.17, 15) is 4.79 Å². The Hall–Kier alpha value is -2.66. The number of thiazole rings is 1. The molecular weight excluding hydrogens is 308 g/mol. The highest BCUT2D eigenvalue weighted by atomic mass is 32.1. The van der Waals surface area contributed by atoms with Crippen molar-refractivity contribution >= 4 is 22.9 Å². The molecule has 3 rings (SSSR count). The number of para-hydroxylation sites is 2. The van der Waals surface area contributed by atoms with Crippen LogP contribution in [0, 0.1) is 0 Å². The highest BCUT2D eigenvalue weighted by Crippen LogP contribution is 2.27. The van der Waals surface area contributed by atoms with Gasteiger partial charge in [0, 0.05) is 5.56 Å². The molecule has 0 unspecified atom stereocenters. The number of aromatic nitrogens is 1. The van der Waals surface area contributed by atoms with Crippen LogP contribution in [-0.4, -0.2) is 17.5 Å². The lowest BCUT2D eigenvalue weighted by Gasteiger charge is -2.10. The molecule has 0 spiro atoms. The van der Waals surface area contributed by atoms with Gasteiger partial charge in [-0.2, -0.15) is 0 Å². The van der Waals surface area contributed by atoms with Crippen LogP contribution < -0.4 is 10.1 Å².